The Hall–Kier alpha value is -1.55. The highest BCUT2D eigenvalue weighted by atomic mass is 32.2. The van der Waals surface area contributed by atoms with Crippen LogP contribution in [0.4, 0.5) is 5.69 Å². The summed E-state index contributed by atoms with van der Waals surface area (Å²) in [6, 6.07) is 4.65. The molecule has 1 heterocycles. The zero-order valence-corrected chi connectivity index (χ0v) is 11.3. The maximum Gasteiger partial charge on any atom is 0.269 e. The van der Waals surface area contributed by atoms with Crippen LogP contribution in [-0.2, 0) is 10.0 Å². The Morgan fingerprint density at radius 3 is 2.50 bits per heavy atom. The monoisotopic (exact) mass is 301 g/mol. The smallest absolute Gasteiger partial charge is 0.269 e. The highest BCUT2D eigenvalue weighted by Crippen LogP contribution is 2.16. The maximum absolute atomic E-state index is 12.0. The first-order chi connectivity index (χ1) is 9.40. The van der Waals surface area contributed by atoms with Gasteiger partial charge in [-0.25, -0.2) is 13.1 Å². The molecule has 0 aliphatic carbocycles. The van der Waals surface area contributed by atoms with Gasteiger partial charge in [-0.1, -0.05) is 0 Å². The van der Waals surface area contributed by atoms with E-state index in [0.29, 0.717) is 13.1 Å². The number of nitro benzene ring substituents is 1. The second-order valence-corrected chi connectivity index (χ2v) is 6.36. The van der Waals surface area contributed by atoms with E-state index < -0.39 is 21.1 Å². The summed E-state index contributed by atoms with van der Waals surface area (Å²) >= 11 is 0. The minimum absolute atomic E-state index is 0.0384. The number of nitrogens with zero attached hydrogens (tertiary/aromatic N) is 1. The summed E-state index contributed by atoms with van der Waals surface area (Å²) in [5, 5.41) is 23.0. The van der Waals surface area contributed by atoms with E-state index in [9.17, 15) is 23.6 Å². The van der Waals surface area contributed by atoms with Gasteiger partial charge in [-0.2, -0.15) is 0 Å². The van der Waals surface area contributed by atoms with E-state index in [-0.39, 0.29) is 23.0 Å². The average Bonchev–Trinajstić information content (AvgIpc) is 2.82. The lowest BCUT2D eigenvalue weighted by Crippen LogP contribution is -2.34. The Labute approximate surface area is 116 Å². The van der Waals surface area contributed by atoms with Crippen molar-refractivity contribution >= 4 is 15.7 Å². The van der Waals surface area contributed by atoms with Gasteiger partial charge >= 0.3 is 0 Å². The van der Waals surface area contributed by atoms with Gasteiger partial charge in [0.1, 0.15) is 0 Å². The Balaban J connectivity index is 2.04. The molecule has 0 bridgehead atoms. The number of rotatable bonds is 5. The van der Waals surface area contributed by atoms with Crippen LogP contribution < -0.4 is 10.0 Å². The summed E-state index contributed by atoms with van der Waals surface area (Å²) in [7, 11) is -3.73. The van der Waals surface area contributed by atoms with Crippen LogP contribution in [0.2, 0.25) is 0 Å². The SMILES string of the molecule is O=[N+]([O-])c1ccc(S(=O)(=O)NC[C@H]2CNC[C@H]2O)cc1. The molecule has 1 fully saturated rings. The number of hydrogen-bond acceptors (Lipinski definition) is 6. The number of nitrogens with one attached hydrogen (secondary N) is 2. The van der Waals surface area contributed by atoms with E-state index in [4.69, 9.17) is 0 Å². The van der Waals surface area contributed by atoms with Crippen LogP contribution in [0, 0.1) is 16.0 Å². The van der Waals surface area contributed by atoms with E-state index in [1.807, 2.05) is 0 Å². The molecule has 1 saturated heterocycles. The lowest BCUT2D eigenvalue weighted by molar-refractivity contribution is -0.384. The third kappa shape index (κ3) is 3.31. The summed E-state index contributed by atoms with van der Waals surface area (Å²) in [5.74, 6) is -0.178. The van der Waals surface area contributed by atoms with Crippen molar-refractivity contribution in [2.45, 2.75) is 11.0 Å². The van der Waals surface area contributed by atoms with Crippen LogP contribution in [0.5, 0.6) is 0 Å². The lowest BCUT2D eigenvalue weighted by atomic mass is 10.1. The topological polar surface area (TPSA) is 122 Å². The summed E-state index contributed by atoms with van der Waals surface area (Å²) in [6.45, 7) is 1.11. The standard InChI is InChI=1S/C11H15N3O5S/c15-11-7-12-5-8(11)6-13-20(18,19)10-3-1-9(2-4-10)14(16)17/h1-4,8,11-13,15H,5-7H2/t8-,11-/m1/s1. The van der Waals surface area contributed by atoms with Gasteiger partial charge in [0.15, 0.2) is 0 Å². The molecule has 0 aromatic heterocycles. The van der Waals surface area contributed by atoms with Gasteiger partial charge in [-0.05, 0) is 12.1 Å². The molecule has 0 spiro atoms. The van der Waals surface area contributed by atoms with Crippen molar-refractivity contribution < 1.29 is 18.4 Å². The average molecular weight is 301 g/mol. The van der Waals surface area contributed by atoms with Crippen LogP contribution in [0.3, 0.4) is 0 Å². The van der Waals surface area contributed by atoms with Crippen LogP contribution >= 0.6 is 0 Å². The third-order valence-electron chi connectivity index (χ3n) is 3.20. The number of benzene rings is 1. The Morgan fingerprint density at radius 1 is 1.35 bits per heavy atom. The van der Waals surface area contributed by atoms with Gasteiger partial charge < -0.3 is 10.4 Å². The first kappa shape index (κ1) is 14.9. The molecule has 1 aromatic carbocycles. The van der Waals surface area contributed by atoms with Crippen molar-refractivity contribution in [3.05, 3.63) is 34.4 Å². The first-order valence-corrected chi connectivity index (χ1v) is 7.51. The maximum atomic E-state index is 12.0. The van der Waals surface area contributed by atoms with Gasteiger partial charge in [0.2, 0.25) is 10.0 Å². The Morgan fingerprint density at radius 2 is 2.00 bits per heavy atom. The molecular formula is C11H15N3O5S. The van der Waals surface area contributed by atoms with E-state index in [2.05, 4.69) is 10.0 Å². The van der Waals surface area contributed by atoms with Crippen molar-refractivity contribution in [2.24, 2.45) is 5.92 Å². The van der Waals surface area contributed by atoms with Crippen LogP contribution in [0.1, 0.15) is 0 Å². The molecule has 2 atom stereocenters. The molecule has 3 N–H and O–H groups in total. The molecule has 1 aliphatic heterocycles. The number of aliphatic hydroxyl groups excluding tert-OH is 1. The molecule has 1 aromatic rings. The second-order valence-electron chi connectivity index (χ2n) is 4.59. The van der Waals surface area contributed by atoms with Crippen molar-refractivity contribution in [3.8, 4) is 0 Å². The molecule has 0 unspecified atom stereocenters. The quantitative estimate of drug-likeness (QED) is 0.496. The van der Waals surface area contributed by atoms with Gasteiger partial charge in [0.25, 0.3) is 5.69 Å². The fraction of sp³-hybridized carbons (Fsp3) is 0.455. The Bertz CT molecular complexity index is 587. The minimum atomic E-state index is -3.73. The number of β-amino-alcohol motifs (C(OH)–C–C–N with tert-alkyl or cyclic N) is 1. The largest absolute Gasteiger partial charge is 0.391 e. The molecule has 110 valence electrons. The lowest BCUT2D eigenvalue weighted by Gasteiger charge is -2.14. The molecule has 20 heavy (non-hydrogen) atoms. The number of sulfonamides is 1. The number of hydrogen-bond donors (Lipinski definition) is 3. The fourth-order valence-electron chi connectivity index (χ4n) is 1.97. The van der Waals surface area contributed by atoms with Crippen molar-refractivity contribution in [2.75, 3.05) is 19.6 Å². The van der Waals surface area contributed by atoms with Crippen LogP contribution in [0.25, 0.3) is 0 Å². The summed E-state index contributed by atoms with van der Waals surface area (Å²) < 4.78 is 26.4. The summed E-state index contributed by atoms with van der Waals surface area (Å²) in [5.41, 5.74) is -0.167. The zero-order valence-electron chi connectivity index (χ0n) is 10.5. The summed E-state index contributed by atoms with van der Waals surface area (Å²) in [4.78, 5) is 9.87. The summed E-state index contributed by atoms with van der Waals surface area (Å²) in [6.07, 6.45) is -0.574. The van der Waals surface area contributed by atoms with Crippen LogP contribution in [0.15, 0.2) is 29.2 Å². The van der Waals surface area contributed by atoms with Crippen molar-refractivity contribution in [1.82, 2.24) is 10.0 Å². The first-order valence-electron chi connectivity index (χ1n) is 6.03. The molecule has 0 radical (unpaired) electrons. The molecule has 9 heteroatoms. The predicted molar refractivity (Wildman–Crippen MR) is 70.7 cm³/mol. The fourth-order valence-corrected chi connectivity index (χ4v) is 3.07. The molecule has 8 nitrogen and oxygen atoms in total. The Kier molecular flexibility index (Phi) is 4.33. The number of aliphatic hydroxyl groups is 1. The zero-order chi connectivity index (χ0) is 14.8. The molecular weight excluding hydrogens is 286 g/mol. The molecule has 0 amide bonds. The molecule has 1 aliphatic rings. The third-order valence-corrected chi connectivity index (χ3v) is 4.64. The van der Waals surface area contributed by atoms with E-state index in [0.717, 1.165) is 12.1 Å². The number of non-ortho nitro benzene ring substituents is 1. The highest BCUT2D eigenvalue weighted by Gasteiger charge is 2.26. The minimum Gasteiger partial charge on any atom is -0.391 e. The predicted octanol–water partition coefficient (Wildman–Crippen LogP) is -0.547. The highest BCUT2D eigenvalue weighted by molar-refractivity contribution is 7.89. The van der Waals surface area contributed by atoms with Gasteiger partial charge in [0.05, 0.1) is 15.9 Å². The molecule has 2 rings (SSSR count). The second kappa shape index (κ2) is 5.83. The van der Waals surface area contributed by atoms with E-state index in [1.165, 1.54) is 12.1 Å². The van der Waals surface area contributed by atoms with E-state index >= 15 is 0 Å². The number of nitro groups is 1. The van der Waals surface area contributed by atoms with Gasteiger partial charge in [-0.3, -0.25) is 10.1 Å². The van der Waals surface area contributed by atoms with Gasteiger partial charge in [0, 0.05) is 37.7 Å². The normalized spacial score (nSPS) is 22.9. The van der Waals surface area contributed by atoms with Gasteiger partial charge in [-0.15, -0.1) is 0 Å². The van der Waals surface area contributed by atoms with E-state index in [1.54, 1.807) is 0 Å². The van der Waals surface area contributed by atoms with Crippen LogP contribution in [-0.4, -0.2) is 44.2 Å². The van der Waals surface area contributed by atoms with Crippen molar-refractivity contribution in [1.29, 1.82) is 0 Å². The molecule has 0 saturated carbocycles. The van der Waals surface area contributed by atoms with Crippen molar-refractivity contribution in [3.63, 3.8) is 0 Å².